The number of amides is 1. The van der Waals surface area contributed by atoms with Gasteiger partial charge in [0.25, 0.3) is 5.91 Å². The summed E-state index contributed by atoms with van der Waals surface area (Å²) in [6.45, 7) is 0. The van der Waals surface area contributed by atoms with Gasteiger partial charge in [-0.1, -0.05) is 12.1 Å². The average molecular weight is 402 g/mol. The number of anilines is 1. The molecule has 0 atom stereocenters. The number of rotatable bonds is 4. The topological polar surface area (TPSA) is 85.6 Å². The summed E-state index contributed by atoms with van der Waals surface area (Å²) in [7, 11) is 0. The fourth-order valence-electron chi connectivity index (χ4n) is 3.60. The minimum Gasteiger partial charge on any atom is -0.298 e. The van der Waals surface area contributed by atoms with E-state index in [9.17, 15) is 4.79 Å². The summed E-state index contributed by atoms with van der Waals surface area (Å²) in [5.74, 6) is 0.143. The number of pyridine rings is 1. The van der Waals surface area contributed by atoms with Gasteiger partial charge < -0.3 is 0 Å². The van der Waals surface area contributed by atoms with Crippen LogP contribution in [-0.4, -0.2) is 30.6 Å². The normalized spacial score (nSPS) is 13.1. The molecule has 1 N–H and O–H groups in total. The quantitative estimate of drug-likeness (QED) is 0.559. The summed E-state index contributed by atoms with van der Waals surface area (Å²) in [6.07, 6.45) is 9.33. The van der Waals surface area contributed by atoms with Crippen molar-refractivity contribution in [1.82, 2.24) is 24.7 Å². The minimum absolute atomic E-state index is 0.282. The predicted octanol–water partition coefficient (Wildman–Crippen LogP) is 3.92. The molecule has 0 spiro atoms. The molecular formula is C21H18N6OS. The van der Waals surface area contributed by atoms with Gasteiger partial charge >= 0.3 is 0 Å². The summed E-state index contributed by atoms with van der Waals surface area (Å²) < 4.78 is 1.47. The third-order valence-electron chi connectivity index (χ3n) is 5.04. The molecule has 0 saturated carbocycles. The zero-order valence-electron chi connectivity index (χ0n) is 15.6. The van der Waals surface area contributed by atoms with Crippen LogP contribution in [0.2, 0.25) is 0 Å². The lowest BCUT2D eigenvalue weighted by atomic mass is 9.90. The van der Waals surface area contributed by atoms with E-state index in [4.69, 9.17) is 0 Å². The van der Waals surface area contributed by atoms with Crippen molar-refractivity contribution in [2.75, 3.05) is 5.32 Å². The number of hydrogen-bond acceptors (Lipinski definition) is 6. The molecule has 29 heavy (non-hydrogen) atoms. The highest BCUT2D eigenvalue weighted by atomic mass is 32.1. The SMILES string of the molecule is O=C(Nc1nc(-c2ccc3c(c2)CCCC3)cs1)c1cccnc1-n1cncn1. The van der Waals surface area contributed by atoms with Gasteiger partial charge in [0.2, 0.25) is 0 Å². The van der Waals surface area contributed by atoms with E-state index in [1.54, 1.807) is 18.3 Å². The lowest BCUT2D eigenvalue weighted by Crippen LogP contribution is -2.16. The van der Waals surface area contributed by atoms with Crippen LogP contribution < -0.4 is 5.32 Å². The zero-order valence-corrected chi connectivity index (χ0v) is 16.4. The highest BCUT2D eigenvalue weighted by molar-refractivity contribution is 7.14. The molecule has 3 heterocycles. The molecule has 0 bridgehead atoms. The van der Waals surface area contributed by atoms with E-state index in [1.165, 1.54) is 52.6 Å². The summed E-state index contributed by atoms with van der Waals surface area (Å²) in [6, 6.07) is 9.99. The van der Waals surface area contributed by atoms with E-state index in [0.717, 1.165) is 24.1 Å². The van der Waals surface area contributed by atoms with E-state index in [0.29, 0.717) is 16.5 Å². The third kappa shape index (κ3) is 3.54. The smallest absolute Gasteiger partial charge is 0.261 e. The van der Waals surface area contributed by atoms with Crippen LogP contribution in [0.5, 0.6) is 0 Å². The van der Waals surface area contributed by atoms with Gasteiger partial charge in [-0.15, -0.1) is 11.3 Å². The molecule has 7 nitrogen and oxygen atoms in total. The van der Waals surface area contributed by atoms with Gasteiger partial charge in [-0.2, -0.15) is 5.10 Å². The van der Waals surface area contributed by atoms with E-state index in [-0.39, 0.29) is 5.91 Å². The number of nitrogens with zero attached hydrogens (tertiary/aromatic N) is 5. The summed E-state index contributed by atoms with van der Waals surface area (Å²) in [5.41, 5.74) is 5.23. The number of carbonyl (C=O) groups is 1. The summed E-state index contributed by atoms with van der Waals surface area (Å²) in [4.78, 5) is 25.6. The number of aryl methyl sites for hydroxylation is 2. The minimum atomic E-state index is -0.282. The predicted molar refractivity (Wildman–Crippen MR) is 111 cm³/mol. The second kappa shape index (κ2) is 7.56. The van der Waals surface area contributed by atoms with Crippen molar-refractivity contribution in [3.8, 4) is 17.1 Å². The van der Waals surface area contributed by atoms with E-state index < -0.39 is 0 Å². The zero-order chi connectivity index (χ0) is 19.6. The van der Waals surface area contributed by atoms with Gasteiger partial charge in [-0.05, 0) is 55.0 Å². The van der Waals surface area contributed by atoms with Crippen molar-refractivity contribution in [3.05, 3.63) is 71.3 Å². The van der Waals surface area contributed by atoms with Crippen LogP contribution in [0, 0.1) is 0 Å². The molecule has 1 aromatic carbocycles. The fourth-order valence-corrected chi connectivity index (χ4v) is 4.31. The lowest BCUT2D eigenvalue weighted by molar-refractivity contribution is 0.102. The van der Waals surface area contributed by atoms with Crippen LogP contribution >= 0.6 is 11.3 Å². The van der Waals surface area contributed by atoms with Gasteiger partial charge in [0.15, 0.2) is 10.9 Å². The van der Waals surface area contributed by atoms with E-state index >= 15 is 0 Å². The molecule has 1 aliphatic carbocycles. The number of nitrogens with one attached hydrogen (secondary N) is 1. The third-order valence-corrected chi connectivity index (χ3v) is 5.79. The van der Waals surface area contributed by atoms with Crippen LogP contribution in [0.3, 0.4) is 0 Å². The highest BCUT2D eigenvalue weighted by Gasteiger charge is 2.17. The highest BCUT2D eigenvalue weighted by Crippen LogP contribution is 2.30. The first-order chi connectivity index (χ1) is 14.3. The van der Waals surface area contributed by atoms with Crippen LogP contribution in [-0.2, 0) is 12.8 Å². The Morgan fingerprint density at radius 2 is 2.03 bits per heavy atom. The van der Waals surface area contributed by atoms with Crippen LogP contribution in [0.15, 0.2) is 54.6 Å². The van der Waals surface area contributed by atoms with Crippen LogP contribution in [0.4, 0.5) is 5.13 Å². The van der Waals surface area contributed by atoms with Gasteiger partial charge in [-0.3, -0.25) is 10.1 Å². The number of thiazole rings is 1. The first-order valence-corrected chi connectivity index (χ1v) is 10.3. The second-order valence-corrected chi connectivity index (χ2v) is 7.76. The molecule has 144 valence electrons. The second-order valence-electron chi connectivity index (χ2n) is 6.90. The number of hydrogen-bond donors (Lipinski definition) is 1. The Hall–Kier alpha value is -3.39. The molecule has 0 aliphatic heterocycles. The Morgan fingerprint density at radius 1 is 1.14 bits per heavy atom. The Labute approximate surface area is 171 Å². The molecule has 0 unspecified atom stereocenters. The fraction of sp³-hybridized carbons (Fsp3) is 0.190. The maximum Gasteiger partial charge on any atom is 0.261 e. The molecule has 0 radical (unpaired) electrons. The molecule has 8 heteroatoms. The van der Waals surface area contributed by atoms with Gasteiger partial charge in [0.1, 0.15) is 12.7 Å². The molecule has 1 aliphatic rings. The van der Waals surface area contributed by atoms with Crippen molar-refractivity contribution in [2.45, 2.75) is 25.7 Å². The molecule has 3 aromatic heterocycles. The van der Waals surface area contributed by atoms with Crippen molar-refractivity contribution in [2.24, 2.45) is 0 Å². The maximum atomic E-state index is 12.8. The van der Waals surface area contributed by atoms with E-state index in [2.05, 4.69) is 43.6 Å². The lowest BCUT2D eigenvalue weighted by Gasteiger charge is -2.16. The Bertz CT molecular complexity index is 1170. The van der Waals surface area contributed by atoms with Crippen molar-refractivity contribution in [1.29, 1.82) is 0 Å². The Balaban J connectivity index is 1.38. The Morgan fingerprint density at radius 3 is 2.90 bits per heavy atom. The average Bonchev–Trinajstić information content (AvgIpc) is 3.46. The molecule has 0 saturated heterocycles. The molecule has 0 fully saturated rings. The largest absolute Gasteiger partial charge is 0.298 e. The monoisotopic (exact) mass is 402 g/mol. The number of fused-ring (bicyclic) bond motifs is 1. The van der Waals surface area contributed by atoms with Gasteiger partial charge in [0.05, 0.1) is 11.3 Å². The molecular weight excluding hydrogens is 384 g/mol. The standard InChI is InChI=1S/C21H18N6OS/c28-20(17-6-3-9-23-19(17)27-13-22-12-24-27)26-21-25-18(11-29-21)16-8-7-14-4-1-2-5-15(14)10-16/h3,6-13H,1-2,4-5H2,(H,25,26,28). The van der Waals surface area contributed by atoms with Crippen LogP contribution in [0.25, 0.3) is 17.1 Å². The van der Waals surface area contributed by atoms with Gasteiger partial charge in [0, 0.05) is 17.1 Å². The first-order valence-electron chi connectivity index (χ1n) is 9.47. The maximum absolute atomic E-state index is 12.8. The van der Waals surface area contributed by atoms with Crippen LogP contribution in [0.1, 0.15) is 34.3 Å². The van der Waals surface area contributed by atoms with Gasteiger partial charge in [-0.25, -0.2) is 19.6 Å². The van der Waals surface area contributed by atoms with Crippen molar-refractivity contribution >= 4 is 22.4 Å². The summed E-state index contributed by atoms with van der Waals surface area (Å²) >= 11 is 1.41. The van der Waals surface area contributed by atoms with E-state index in [1.807, 2.05) is 5.38 Å². The number of benzene rings is 1. The first kappa shape index (κ1) is 17.7. The summed E-state index contributed by atoms with van der Waals surface area (Å²) in [5, 5.41) is 9.47. The Kier molecular flexibility index (Phi) is 4.61. The number of carbonyl (C=O) groups excluding carboxylic acids is 1. The number of aromatic nitrogens is 5. The molecule has 5 rings (SSSR count). The molecule has 1 amide bonds. The van der Waals surface area contributed by atoms with Crippen molar-refractivity contribution in [3.63, 3.8) is 0 Å². The molecule has 4 aromatic rings. The van der Waals surface area contributed by atoms with Crippen molar-refractivity contribution < 1.29 is 4.79 Å².